The third-order valence-electron chi connectivity index (χ3n) is 5.26. The number of hydrogen-bond acceptors (Lipinski definition) is 4. The van der Waals surface area contributed by atoms with E-state index in [1.54, 1.807) is 4.90 Å². The summed E-state index contributed by atoms with van der Waals surface area (Å²) < 4.78 is 5.88. The molecule has 0 aliphatic carbocycles. The quantitative estimate of drug-likeness (QED) is 0.607. The number of hydrogen-bond donors (Lipinski definition) is 1. The Balaban J connectivity index is 1.95. The van der Waals surface area contributed by atoms with Crippen LogP contribution in [0.25, 0.3) is 0 Å². The number of carbonyl (C=O) groups excluding carboxylic acids is 2. The number of benzene rings is 2. The fourth-order valence-electron chi connectivity index (χ4n) is 3.98. The first-order chi connectivity index (χ1) is 15.0. The smallest absolute Gasteiger partial charge is 0.290 e. The predicted molar refractivity (Wildman–Crippen MR) is 125 cm³/mol. The molecule has 1 heterocycles. The number of nitrogens with zero attached hydrogens (tertiary/aromatic N) is 1. The lowest BCUT2D eigenvalue weighted by atomic mass is 9.91. The first-order valence-electron chi connectivity index (χ1n) is 11.1. The van der Waals surface area contributed by atoms with Crippen molar-refractivity contribution in [2.24, 2.45) is 5.92 Å². The number of ether oxygens (including phenoxy) is 1. The average Bonchev–Trinajstić information content (AvgIpc) is 2.93. The maximum atomic E-state index is 13.1. The summed E-state index contributed by atoms with van der Waals surface area (Å²) >= 11 is 0. The lowest BCUT2D eigenvalue weighted by Crippen LogP contribution is -2.30. The molecule has 170 valence electrons. The molecule has 2 aromatic rings. The Kier molecular flexibility index (Phi) is 6.77. The molecule has 2 aromatic carbocycles. The van der Waals surface area contributed by atoms with Crippen LogP contribution in [0.2, 0.25) is 0 Å². The zero-order valence-electron chi connectivity index (χ0n) is 19.8. The van der Waals surface area contributed by atoms with E-state index >= 15 is 0 Å². The highest BCUT2D eigenvalue weighted by Gasteiger charge is 2.43. The number of amides is 1. The molecular formula is C27H33NO4. The third kappa shape index (κ3) is 5.39. The molecular weight excluding hydrogens is 402 g/mol. The van der Waals surface area contributed by atoms with Gasteiger partial charge in [-0.25, -0.2) is 0 Å². The van der Waals surface area contributed by atoms with E-state index in [4.69, 9.17) is 4.74 Å². The fourth-order valence-corrected chi connectivity index (χ4v) is 3.98. The van der Waals surface area contributed by atoms with Gasteiger partial charge in [0.25, 0.3) is 5.91 Å². The average molecular weight is 436 g/mol. The highest BCUT2D eigenvalue weighted by atomic mass is 16.5. The third-order valence-corrected chi connectivity index (χ3v) is 5.26. The minimum absolute atomic E-state index is 0.125. The lowest BCUT2D eigenvalue weighted by molar-refractivity contribution is -0.130. The first-order valence-corrected chi connectivity index (χ1v) is 11.1. The molecule has 1 atom stereocenters. The van der Waals surface area contributed by atoms with E-state index < -0.39 is 17.7 Å². The Labute approximate surface area is 190 Å². The normalized spacial score (nSPS) is 16.8. The van der Waals surface area contributed by atoms with Gasteiger partial charge in [0.15, 0.2) is 11.5 Å². The molecule has 32 heavy (non-hydrogen) atoms. The number of ketones is 1. The Morgan fingerprint density at radius 3 is 2.34 bits per heavy atom. The van der Waals surface area contributed by atoms with E-state index in [1.165, 1.54) is 0 Å². The zero-order valence-corrected chi connectivity index (χ0v) is 19.8. The minimum atomic E-state index is -0.612. The number of rotatable bonds is 7. The molecule has 0 bridgehead atoms. The summed E-state index contributed by atoms with van der Waals surface area (Å²) in [5.41, 5.74) is 2.64. The highest BCUT2D eigenvalue weighted by Crippen LogP contribution is 2.40. The van der Waals surface area contributed by atoms with E-state index in [0.717, 1.165) is 22.4 Å². The molecule has 1 aliphatic heterocycles. The van der Waals surface area contributed by atoms with Crippen molar-refractivity contribution >= 4 is 11.7 Å². The standard InChI is InChI=1S/C27H33NO4/c1-17(2)14-22(29)23-24(20-9-7-8-18(3)15-20)28(26(31)25(23)30)16-19-10-12-21(13-11-19)32-27(4,5)6/h7-13,15,17,24,30H,14,16H2,1-6H3. The second-order valence-electron chi connectivity index (χ2n) is 9.89. The van der Waals surface area contributed by atoms with Gasteiger partial charge in [0.2, 0.25) is 0 Å². The second kappa shape index (κ2) is 9.19. The molecule has 0 aromatic heterocycles. The Hall–Kier alpha value is -3.08. The zero-order chi connectivity index (χ0) is 23.6. The van der Waals surface area contributed by atoms with Gasteiger partial charge in [0.05, 0.1) is 11.6 Å². The van der Waals surface area contributed by atoms with Gasteiger partial charge in [-0.15, -0.1) is 0 Å². The van der Waals surface area contributed by atoms with Crippen LogP contribution >= 0.6 is 0 Å². The van der Waals surface area contributed by atoms with Crippen LogP contribution in [0.4, 0.5) is 0 Å². The fraction of sp³-hybridized carbons (Fsp3) is 0.407. The topological polar surface area (TPSA) is 66.8 Å². The van der Waals surface area contributed by atoms with Crippen LogP contribution in [-0.4, -0.2) is 27.3 Å². The molecule has 1 N–H and O–H groups in total. The van der Waals surface area contributed by atoms with Crippen LogP contribution in [0.1, 0.15) is 63.8 Å². The summed E-state index contributed by atoms with van der Waals surface area (Å²) in [6.07, 6.45) is 0.279. The Bertz CT molecular complexity index is 1030. The summed E-state index contributed by atoms with van der Waals surface area (Å²) in [5.74, 6) is -0.263. The molecule has 0 saturated heterocycles. The van der Waals surface area contributed by atoms with Crippen molar-refractivity contribution in [3.05, 3.63) is 76.6 Å². The number of aliphatic hydroxyl groups excluding tert-OH is 1. The van der Waals surface area contributed by atoms with E-state index in [-0.39, 0.29) is 35.8 Å². The second-order valence-corrected chi connectivity index (χ2v) is 9.89. The number of carbonyl (C=O) groups is 2. The summed E-state index contributed by atoms with van der Waals surface area (Å²) in [6, 6.07) is 14.7. The van der Waals surface area contributed by atoms with Gasteiger partial charge in [0, 0.05) is 13.0 Å². The van der Waals surface area contributed by atoms with Crippen LogP contribution < -0.4 is 4.74 Å². The predicted octanol–water partition coefficient (Wildman–Crippen LogP) is 5.68. The summed E-state index contributed by atoms with van der Waals surface area (Å²) in [4.78, 5) is 27.7. The van der Waals surface area contributed by atoms with Crippen molar-refractivity contribution in [3.63, 3.8) is 0 Å². The van der Waals surface area contributed by atoms with Crippen molar-refractivity contribution in [2.45, 2.75) is 66.2 Å². The maximum Gasteiger partial charge on any atom is 0.290 e. The van der Waals surface area contributed by atoms with E-state index in [0.29, 0.717) is 0 Å². The monoisotopic (exact) mass is 435 g/mol. The van der Waals surface area contributed by atoms with Crippen LogP contribution in [0, 0.1) is 12.8 Å². The summed E-state index contributed by atoms with van der Waals surface area (Å²) in [6.45, 7) is 12.1. The van der Waals surface area contributed by atoms with Gasteiger partial charge < -0.3 is 14.7 Å². The number of aliphatic hydroxyl groups is 1. The minimum Gasteiger partial charge on any atom is -0.503 e. The van der Waals surface area contributed by atoms with Gasteiger partial charge in [0.1, 0.15) is 11.4 Å². The van der Waals surface area contributed by atoms with Crippen molar-refractivity contribution in [2.75, 3.05) is 0 Å². The van der Waals surface area contributed by atoms with Gasteiger partial charge in [-0.05, 0) is 56.9 Å². The first kappa shape index (κ1) is 23.6. The molecule has 0 saturated carbocycles. The van der Waals surface area contributed by atoms with Crippen LogP contribution in [-0.2, 0) is 16.1 Å². The van der Waals surface area contributed by atoms with Crippen LogP contribution in [0.5, 0.6) is 5.75 Å². The molecule has 3 rings (SSSR count). The van der Waals surface area contributed by atoms with Crippen LogP contribution in [0.15, 0.2) is 59.9 Å². The van der Waals surface area contributed by atoms with E-state index in [9.17, 15) is 14.7 Å². The number of Topliss-reactive ketones (excluding diaryl/α,β-unsaturated/α-hetero) is 1. The van der Waals surface area contributed by atoms with E-state index in [2.05, 4.69) is 0 Å². The van der Waals surface area contributed by atoms with Gasteiger partial charge in [-0.2, -0.15) is 0 Å². The van der Waals surface area contributed by atoms with Crippen molar-refractivity contribution in [3.8, 4) is 5.75 Å². The Morgan fingerprint density at radius 1 is 1.12 bits per heavy atom. The van der Waals surface area contributed by atoms with Gasteiger partial charge in [-0.3, -0.25) is 9.59 Å². The molecule has 0 radical (unpaired) electrons. The van der Waals surface area contributed by atoms with Crippen molar-refractivity contribution < 1.29 is 19.4 Å². The molecule has 5 heteroatoms. The van der Waals surface area contributed by atoms with Gasteiger partial charge >= 0.3 is 0 Å². The molecule has 1 unspecified atom stereocenters. The SMILES string of the molecule is Cc1cccc(C2C(C(=O)CC(C)C)=C(O)C(=O)N2Cc2ccc(OC(C)(C)C)cc2)c1. The maximum absolute atomic E-state index is 13.1. The van der Waals surface area contributed by atoms with Crippen LogP contribution in [0.3, 0.4) is 0 Å². The van der Waals surface area contributed by atoms with Crippen molar-refractivity contribution in [1.29, 1.82) is 0 Å². The highest BCUT2D eigenvalue weighted by molar-refractivity contribution is 6.09. The van der Waals surface area contributed by atoms with E-state index in [1.807, 2.05) is 90.1 Å². The molecule has 1 aliphatic rings. The molecule has 1 amide bonds. The van der Waals surface area contributed by atoms with Crippen molar-refractivity contribution in [1.82, 2.24) is 4.90 Å². The summed E-state index contributed by atoms with van der Waals surface area (Å²) in [5, 5.41) is 10.7. The number of aryl methyl sites for hydroxylation is 1. The lowest BCUT2D eigenvalue weighted by Gasteiger charge is -2.27. The molecule has 0 fully saturated rings. The Morgan fingerprint density at radius 2 is 1.78 bits per heavy atom. The molecule has 0 spiro atoms. The largest absolute Gasteiger partial charge is 0.503 e. The molecule has 5 nitrogen and oxygen atoms in total. The van der Waals surface area contributed by atoms with Gasteiger partial charge in [-0.1, -0.05) is 55.8 Å². The summed E-state index contributed by atoms with van der Waals surface area (Å²) in [7, 11) is 0.